The van der Waals surface area contributed by atoms with Gasteiger partial charge in [0, 0.05) is 31.1 Å². The second kappa shape index (κ2) is 14.0. The fourth-order valence-corrected chi connectivity index (χ4v) is 4.67. The lowest BCUT2D eigenvalue weighted by Crippen LogP contribution is -2.30. The number of hydrogen-bond donors (Lipinski definition) is 1. The minimum Gasteiger partial charge on any atom is -0.497 e. The summed E-state index contributed by atoms with van der Waals surface area (Å²) in [5.41, 5.74) is 9.59. The van der Waals surface area contributed by atoms with Crippen molar-refractivity contribution >= 4 is 5.91 Å². The van der Waals surface area contributed by atoms with E-state index in [-0.39, 0.29) is 5.92 Å². The lowest BCUT2D eigenvalue weighted by atomic mass is 9.90. The van der Waals surface area contributed by atoms with Crippen molar-refractivity contribution in [3.8, 4) is 17.2 Å². The van der Waals surface area contributed by atoms with E-state index in [4.69, 9.17) is 19.9 Å². The Morgan fingerprint density at radius 3 is 2.00 bits per heavy atom. The van der Waals surface area contributed by atoms with Crippen molar-refractivity contribution in [2.75, 3.05) is 33.9 Å². The van der Waals surface area contributed by atoms with Crippen LogP contribution in [0.1, 0.15) is 39.4 Å². The van der Waals surface area contributed by atoms with Gasteiger partial charge in [0.25, 0.3) is 0 Å². The topological polar surface area (TPSA) is 74.0 Å². The summed E-state index contributed by atoms with van der Waals surface area (Å²) in [6.45, 7) is 3.00. The first-order valence-corrected chi connectivity index (χ1v) is 13.1. The third kappa shape index (κ3) is 7.85. The van der Waals surface area contributed by atoms with E-state index in [0.29, 0.717) is 23.7 Å². The van der Waals surface area contributed by atoms with Crippen LogP contribution in [0.5, 0.6) is 17.2 Å². The van der Waals surface area contributed by atoms with Crippen molar-refractivity contribution in [1.29, 1.82) is 0 Å². The van der Waals surface area contributed by atoms with Crippen molar-refractivity contribution in [2.45, 2.75) is 18.9 Å². The first-order valence-electron chi connectivity index (χ1n) is 13.1. The van der Waals surface area contributed by atoms with Crippen molar-refractivity contribution < 1.29 is 19.0 Å². The summed E-state index contributed by atoms with van der Waals surface area (Å²) in [4.78, 5) is 14.0. The number of nitrogens with two attached hydrogens (primary N) is 1. The van der Waals surface area contributed by atoms with Gasteiger partial charge in [-0.05, 0) is 53.4 Å². The summed E-state index contributed by atoms with van der Waals surface area (Å²) in [5, 5.41) is 0. The molecule has 6 heteroatoms. The van der Waals surface area contributed by atoms with E-state index in [1.165, 1.54) is 16.7 Å². The average Bonchev–Trinajstić information content (AvgIpc) is 2.99. The van der Waals surface area contributed by atoms with Crippen LogP contribution in [0.2, 0.25) is 0 Å². The highest BCUT2D eigenvalue weighted by Crippen LogP contribution is 2.29. The number of nitrogens with zero attached hydrogens (tertiary/aromatic N) is 1. The minimum atomic E-state index is -0.500. The van der Waals surface area contributed by atoms with Crippen molar-refractivity contribution in [1.82, 2.24) is 4.90 Å². The van der Waals surface area contributed by atoms with Gasteiger partial charge in [0.1, 0.15) is 5.75 Å². The lowest BCUT2D eigenvalue weighted by molar-refractivity contribution is 0.1000. The summed E-state index contributed by atoms with van der Waals surface area (Å²) in [5.74, 6) is 1.67. The van der Waals surface area contributed by atoms with E-state index in [2.05, 4.69) is 77.7 Å². The number of carbonyl (C=O) groups excluding carboxylic acids is 1. The van der Waals surface area contributed by atoms with Crippen LogP contribution >= 0.6 is 0 Å². The Labute approximate surface area is 230 Å². The summed E-state index contributed by atoms with van der Waals surface area (Å²) in [6, 6.07) is 34.6. The molecule has 0 unspecified atom stereocenters. The van der Waals surface area contributed by atoms with Crippen LogP contribution in [-0.4, -0.2) is 44.7 Å². The van der Waals surface area contributed by atoms with Gasteiger partial charge in [-0.25, -0.2) is 0 Å². The lowest BCUT2D eigenvalue weighted by Gasteiger charge is -2.28. The molecule has 0 saturated heterocycles. The van der Waals surface area contributed by atoms with Gasteiger partial charge in [-0.2, -0.15) is 0 Å². The molecule has 1 amide bonds. The van der Waals surface area contributed by atoms with Crippen LogP contribution in [-0.2, 0) is 6.54 Å². The average molecular weight is 525 g/mol. The van der Waals surface area contributed by atoms with E-state index < -0.39 is 5.91 Å². The molecule has 0 radical (unpaired) electrons. The Morgan fingerprint density at radius 1 is 0.795 bits per heavy atom. The summed E-state index contributed by atoms with van der Waals surface area (Å²) < 4.78 is 16.8. The van der Waals surface area contributed by atoms with Gasteiger partial charge in [-0.1, -0.05) is 72.8 Å². The highest BCUT2D eigenvalue weighted by molar-refractivity contribution is 5.93. The SMILES string of the molecule is COc1ccc(CN(CCCOc2ccc(C(N)=O)cc2OC)CC(c2ccccc2)c2ccccc2)cc1. The molecular weight excluding hydrogens is 488 g/mol. The van der Waals surface area contributed by atoms with Crippen LogP contribution in [0.3, 0.4) is 0 Å². The van der Waals surface area contributed by atoms with Crippen molar-refractivity contribution in [3.63, 3.8) is 0 Å². The number of primary amides is 1. The molecule has 2 N–H and O–H groups in total. The highest BCUT2D eigenvalue weighted by atomic mass is 16.5. The molecule has 0 aliphatic heterocycles. The quantitative estimate of drug-likeness (QED) is 0.208. The number of rotatable bonds is 14. The first-order chi connectivity index (χ1) is 19.1. The minimum absolute atomic E-state index is 0.230. The molecule has 0 atom stereocenters. The Kier molecular flexibility index (Phi) is 9.98. The molecule has 4 aromatic carbocycles. The van der Waals surface area contributed by atoms with Crippen molar-refractivity contribution in [2.24, 2.45) is 5.73 Å². The largest absolute Gasteiger partial charge is 0.497 e. The van der Waals surface area contributed by atoms with Crippen LogP contribution < -0.4 is 19.9 Å². The molecule has 0 aromatic heterocycles. The molecule has 202 valence electrons. The van der Waals surface area contributed by atoms with E-state index >= 15 is 0 Å². The van der Waals surface area contributed by atoms with Crippen LogP contribution in [0, 0.1) is 0 Å². The first kappa shape index (κ1) is 27.7. The summed E-state index contributed by atoms with van der Waals surface area (Å²) in [6.07, 6.45) is 0.813. The Hall–Kier alpha value is -4.29. The van der Waals surface area contributed by atoms with E-state index in [1.54, 1.807) is 32.4 Å². The number of methoxy groups -OCH3 is 2. The van der Waals surface area contributed by atoms with Gasteiger partial charge in [0.2, 0.25) is 5.91 Å². The Bertz CT molecular complexity index is 1270. The van der Waals surface area contributed by atoms with Crippen LogP contribution in [0.4, 0.5) is 0 Å². The molecule has 6 nitrogen and oxygen atoms in total. The van der Waals surface area contributed by atoms with Gasteiger partial charge in [0.05, 0.1) is 20.8 Å². The van der Waals surface area contributed by atoms with Gasteiger partial charge < -0.3 is 19.9 Å². The summed E-state index contributed by atoms with van der Waals surface area (Å²) in [7, 11) is 3.24. The Morgan fingerprint density at radius 2 is 1.44 bits per heavy atom. The molecule has 0 aliphatic rings. The molecule has 0 fully saturated rings. The fraction of sp³-hybridized carbons (Fsp3) is 0.242. The van der Waals surface area contributed by atoms with E-state index in [9.17, 15) is 4.79 Å². The summed E-state index contributed by atoms with van der Waals surface area (Å²) >= 11 is 0. The normalized spacial score (nSPS) is 11.0. The Balaban J connectivity index is 1.49. The zero-order valence-corrected chi connectivity index (χ0v) is 22.6. The van der Waals surface area contributed by atoms with E-state index in [1.807, 2.05) is 12.1 Å². The molecular formula is C33H36N2O4. The highest BCUT2D eigenvalue weighted by Gasteiger charge is 2.19. The predicted molar refractivity (Wildman–Crippen MR) is 155 cm³/mol. The third-order valence-electron chi connectivity index (χ3n) is 6.73. The predicted octanol–water partition coefficient (Wildman–Crippen LogP) is 5.91. The smallest absolute Gasteiger partial charge is 0.248 e. The zero-order valence-electron chi connectivity index (χ0n) is 22.6. The molecule has 4 aromatic rings. The number of carbonyl (C=O) groups is 1. The third-order valence-corrected chi connectivity index (χ3v) is 6.73. The van der Waals surface area contributed by atoms with Gasteiger partial charge >= 0.3 is 0 Å². The number of hydrogen-bond acceptors (Lipinski definition) is 5. The van der Waals surface area contributed by atoms with Crippen LogP contribution in [0.25, 0.3) is 0 Å². The van der Waals surface area contributed by atoms with E-state index in [0.717, 1.165) is 31.8 Å². The molecule has 0 bridgehead atoms. The molecule has 4 rings (SSSR count). The van der Waals surface area contributed by atoms with Gasteiger partial charge in [-0.3, -0.25) is 9.69 Å². The maximum absolute atomic E-state index is 11.5. The molecule has 0 saturated carbocycles. The van der Waals surface area contributed by atoms with Crippen molar-refractivity contribution in [3.05, 3.63) is 125 Å². The number of ether oxygens (including phenoxy) is 3. The second-order valence-electron chi connectivity index (χ2n) is 9.39. The monoisotopic (exact) mass is 524 g/mol. The van der Waals surface area contributed by atoms with Gasteiger partial charge in [-0.15, -0.1) is 0 Å². The zero-order chi connectivity index (χ0) is 27.5. The molecule has 0 aliphatic carbocycles. The number of benzene rings is 4. The van der Waals surface area contributed by atoms with Crippen LogP contribution in [0.15, 0.2) is 103 Å². The maximum atomic E-state index is 11.5. The molecule has 0 spiro atoms. The second-order valence-corrected chi connectivity index (χ2v) is 9.39. The van der Waals surface area contributed by atoms with Gasteiger partial charge in [0.15, 0.2) is 11.5 Å². The fourth-order valence-electron chi connectivity index (χ4n) is 4.67. The molecule has 0 heterocycles. The standard InChI is InChI=1S/C33H36N2O4/c1-37-29-17-14-25(15-18-29)23-35(20-9-21-39-31-19-16-28(33(34)36)22-32(31)38-2)24-30(26-10-5-3-6-11-26)27-12-7-4-8-13-27/h3-8,10-19,22,30H,9,20-21,23-24H2,1-2H3,(H2,34,36). The number of amides is 1. The molecule has 39 heavy (non-hydrogen) atoms. The maximum Gasteiger partial charge on any atom is 0.248 e.